The topological polar surface area (TPSA) is 51.2 Å². The minimum Gasteiger partial charge on any atom is -0.497 e. The lowest BCUT2D eigenvalue weighted by Gasteiger charge is -2.42. The van der Waals surface area contributed by atoms with Crippen molar-refractivity contribution in [1.29, 1.82) is 0 Å². The average molecular weight is 428 g/mol. The molecule has 5 rings (SSSR count). The highest BCUT2D eigenvalue weighted by Gasteiger charge is 2.39. The normalized spacial score (nSPS) is 17.5. The van der Waals surface area contributed by atoms with Crippen molar-refractivity contribution in [2.24, 2.45) is 0 Å². The van der Waals surface area contributed by atoms with E-state index >= 15 is 0 Å². The lowest BCUT2D eigenvalue weighted by atomic mass is 9.88. The number of fused-ring (bicyclic) bond motifs is 1. The van der Waals surface area contributed by atoms with Crippen LogP contribution in [0.2, 0.25) is 0 Å². The molecule has 1 unspecified atom stereocenters. The van der Waals surface area contributed by atoms with Crippen molar-refractivity contribution in [3.8, 4) is 11.5 Å². The molecule has 0 spiro atoms. The van der Waals surface area contributed by atoms with Crippen LogP contribution in [0.25, 0.3) is 6.08 Å². The molecule has 0 radical (unpaired) electrons. The van der Waals surface area contributed by atoms with E-state index in [-0.39, 0.29) is 12.1 Å². The van der Waals surface area contributed by atoms with Crippen molar-refractivity contribution >= 4 is 17.9 Å². The van der Waals surface area contributed by atoms with Crippen molar-refractivity contribution in [2.75, 3.05) is 32.3 Å². The second-order valence-corrected chi connectivity index (χ2v) is 7.62. The number of rotatable bonds is 5. The maximum absolute atomic E-state index is 12.6. The van der Waals surface area contributed by atoms with Crippen molar-refractivity contribution in [1.82, 2.24) is 4.90 Å². The molecule has 0 N–H and O–H groups in total. The number of amides is 1. The summed E-state index contributed by atoms with van der Waals surface area (Å²) in [6.45, 7) is 0.856. The van der Waals surface area contributed by atoms with E-state index in [0.717, 1.165) is 33.9 Å². The number of cyclic esters (lactones) is 1. The summed E-state index contributed by atoms with van der Waals surface area (Å²) in [5.41, 5.74) is 4.01. The number of methoxy groups -OCH3 is 2. The van der Waals surface area contributed by atoms with Gasteiger partial charge in [-0.25, -0.2) is 4.79 Å². The Balaban J connectivity index is 1.82. The Morgan fingerprint density at radius 1 is 0.938 bits per heavy atom. The van der Waals surface area contributed by atoms with Crippen molar-refractivity contribution in [2.45, 2.75) is 6.04 Å². The van der Waals surface area contributed by atoms with Crippen LogP contribution in [0.5, 0.6) is 11.5 Å². The largest absolute Gasteiger partial charge is 0.497 e. The van der Waals surface area contributed by atoms with E-state index in [1.54, 1.807) is 19.1 Å². The highest BCUT2D eigenvalue weighted by molar-refractivity contribution is 5.81. The van der Waals surface area contributed by atoms with E-state index < -0.39 is 0 Å². The second-order valence-electron chi connectivity index (χ2n) is 7.62. The average Bonchev–Trinajstić information content (AvgIpc) is 3.28. The van der Waals surface area contributed by atoms with E-state index in [0.29, 0.717) is 18.9 Å². The minimum absolute atomic E-state index is 0.220. The van der Waals surface area contributed by atoms with Crippen molar-refractivity contribution in [3.63, 3.8) is 0 Å². The SMILES string of the molecule is COc1cc2c(c(OC)c1)C(c1ccccc1)N(c1ccccc1)C(N1CCOC1=O)=C2. The molecule has 6 heteroatoms. The van der Waals surface area contributed by atoms with Gasteiger partial charge in [-0.15, -0.1) is 0 Å². The third-order valence-electron chi connectivity index (χ3n) is 5.85. The molecular weight excluding hydrogens is 404 g/mol. The summed E-state index contributed by atoms with van der Waals surface area (Å²) >= 11 is 0. The Hall–Kier alpha value is -3.93. The van der Waals surface area contributed by atoms with Crippen LogP contribution in [0.1, 0.15) is 22.7 Å². The third-order valence-corrected chi connectivity index (χ3v) is 5.85. The first kappa shape index (κ1) is 20.0. The third kappa shape index (κ3) is 3.34. The standard InChI is InChI=1S/C26H24N2O4/c1-30-21-15-19-16-23(27-13-14-32-26(27)29)28(20-11-7-4-8-12-20)25(18-9-5-3-6-10-18)24(19)22(17-21)31-2/h3-12,15-17,25H,13-14H2,1-2H3. The van der Waals surface area contributed by atoms with Gasteiger partial charge in [-0.2, -0.15) is 0 Å². The number of carbonyl (C=O) groups excluding carboxylic acids is 1. The predicted octanol–water partition coefficient (Wildman–Crippen LogP) is 5.06. The molecule has 0 aliphatic carbocycles. The van der Waals surface area contributed by atoms with Gasteiger partial charge in [0.15, 0.2) is 0 Å². The van der Waals surface area contributed by atoms with Gasteiger partial charge < -0.3 is 19.1 Å². The van der Waals surface area contributed by atoms with Crippen LogP contribution in [0.4, 0.5) is 10.5 Å². The van der Waals surface area contributed by atoms with Gasteiger partial charge in [0, 0.05) is 17.3 Å². The summed E-state index contributed by atoms with van der Waals surface area (Å²) in [5.74, 6) is 2.18. The Labute approximate surface area is 187 Å². The fraction of sp³-hybridized carbons (Fsp3) is 0.192. The maximum atomic E-state index is 12.6. The van der Waals surface area contributed by atoms with Gasteiger partial charge in [-0.05, 0) is 35.4 Å². The smallest absolute Gasteiger partial charge is 0.415 e. The fourth-order valence-electron chi connectivity index (χ4n) is 4.42. The number of carbonyl (C=O) groups is 1. The zero-order valence-electron chi connectivity index (χ0n) is 18.0. The highest BCUT2D eigenvalue weighted by Crippen LogP contribution is 2.47. The van der Waals surface area contributed by atoms with Crippen LogP contribution in [-0.2, 0) is 4.74 Å². The van der Waals surface area contributed by atoms with Gasteiger partial charge in [-0.3, -0.25) is 4.90 Å². The van der Waals surface area contributed by atoms with Gasteiger partial charge >= 0.3 is 6.09 Å². The number of hydrogen-bond acceptors (Lipinski definition) is 5. The number of benzene rings is 3. The zero-order chi connectivity index (χ0) is 22.1. The highest BCUT2D eigenvalue weighted by atomic mass is 16.6. The number of para-hydroxylation sites is 1. The minimum atomic E-state index is -0.345. The van der Waals surface area contributed by atoms with Crippen LogP contribution in [0, 0.1) is 0 Å². The molecule has 2 aliphatic rings. The molecule has 0 aromatic heterocycles. The predicted molar refractivity (Wildman–Crippen MR) is 123 cm³/mol. The van der Waals surface area contributed by atoms with Gasteiger partial charge in [-0.1, -0.05) is 48.5 Å². The first-order chi connectivity index (χ1) is 15.7. The van der Waals surface area contributed by atoms with E-state index in [9.17, 15) is 4.79 Å². The maximum Gasteiger partial charge on any atom is 0.415 e. The lowest BCUT2D eigenvalue weighted by Crippen LogP contribution is -2.41. The quantitative estimate of drug-likeness (QED) is 0.568. The molecule has 32 heavy (non-hydrogen) atoms. The molecule has 162 valence electrons. The number of nitrogens with zero attached hydrogens (tertiary/aromatic N) is 2. The Bertz CT molecular complexity index is 1160. The second kappa shape index (κ2) is 8.30. The van der Waals surface area contributed by atoms with Crippen LogP contribution < -0.4 is 14.4 Å². The molecule has 1 fully saturated rings. The molecular formula is C26H24N2O4. The Morgan fingerprint density at radius 3 is 2.28 bits per heavy atom. The molecule has 2 aliphatic heterocycles. The van der Waals surface area contributed by atoms with Gasteiger partial charge in [0.2, 0.25) is 0 Å². The van der Waals surface area contributed by atoms with Crippen molar-refractivity contribution < 1.29 is 19.0 Å². The number of ether oxygens (including phenoxy) is 3. The number of anilines is 1. The Morgan fingerprint density at radius 2 is 1.66 bits per heavy atom. The molecule has 2 heterocycles. The monoisotopic (exact) mass is 428 g/mol. The molecule has 3 aromatic rings. The van der Waals surface area contributed by atoms with E-state index in [2.05, 4.69) is 17.0 Å². The van der Waals surface area contributed by atoms with E-state index in [1.807, 2.05) is 66.7 Å². The summed E-state index contributed by atoms with van der Waals surface area (Å²) < 4.78 is 16.7. The molecule has 1 atom stereocenters. The van der Waals surface area contributed by atoms with Gasteiger partial charge in [0.1, 0.15) is 23.9 Å². The first-order valence-electron chi connectivity index (χ1n) is 10.5. The van der Waals surface area contributed by atoms with Gasteiger partial charge in [0.05, 0.1) is 26.8 Å². The zero-order valence-corrected chi connectivity index (χ0v) is 18.0. The van der Waals surface area contributed by atoms with Crippen molar-refractivity contribution in [3.05, 3.63) is 95.3 Å². The summed E-state index contributed by atoms with van der Waals surface area (Å²) in [5, 5.41) is 0. The summed E-state index contributed by atoms with van der Waals surface area (Å²) in [7, 11) is 3.30. The van der Waals surface area contributed by atoms with Gasteiger partial charge in [0.25, 0.3) is 0 Å². The first-order valence-corrected chi connectivity index (χ1v) is 10.5. The van der Waals surface area contributed by atoms with Crippen LogP contribution in [-0.4, -0.2) is 38.4 Å². The fourth-order valence-corrected chi connectivity index (χ4v) is 4.42. The molecule has 6 nitrogen and oxygen atoms in total. The summed E-state index contributed by atoms with van der Waals surface area (Å²) in [6.07, 6.45) is 1.67. The summed E-state index contributed by atoms with van der Waals surface area (Å²) in [4.78, 5) is 16.5. The molecule has 1 amide bonds. The van der Waals surface area contributed by atoms with E-state index in [1.165, 1.54) is 0 Å². The number of hydrogen-bond donors (Lipinski definition) is 0. The molecule has 0 bridgehead atoms. The van der Waals surface area contributed by atoms with E-state index in [4.69, 9.17) is 14.2 Å². The van der Waals surface area contributed by atoms with Crippen LogP contribution in [0.15, 0.2) is 78.6 Å². The summed E-state index contributed by atoms with van der Waals surface area (Å²) in [6, 6.07) is 24.0. The molecule has 3 aromatic carbocycles. The van der Waals surface area contributed by atoms with Crippen LogP contribution in [0.3, 0.4) is 0 Å². The Kier molecular flexibility index (Phi) is 5.19. The lowest BCUT2D eigenvalue weighted by molar-refractivity contribution is 0.163. The van der Waals surface area contributed by atoms with Crippen LogP contribution >= 0.6 is 0 Å². The molecule has 1 saturated heterocycles. The molecule has 0 saturated carbocycles.